The standard InChI is InChI=1S/C13H13N5S/c1-8-5-10-11(17-13(14)18-12(10)19-8)16-7-9-3-2-4-15-6-9/h2-6H,7H2,1H3,(H3,14,16,17,18). The highest BCUT2D eigenvalue weighted by Gasteiger charge is 2.08. The fourth-order valence-electron chi connectivity index (χ4n) is 1.88. The molecule has 0 aromatic carbocycles. The van der Waals surface area contributed by atoms with Crippen molar-refractivity contribution in [3.05, 3.63) is 41.0 Å². The first-order valence-electron chi connectivity index (χ1n) is 5.89. The summed E-state index contributed by atoms with van der Waals surface area (Å²) >= 11 is 1.62. The molecule has 0 saturated heterocycles. The number of pyridine rings is 1. The number of nitrogens with zero attached hydrogens (tertiary/aromatic N) is 3. The summed E-state index contributed by atoms with van der Waals surface area (Å²) in [7, 11) is 0. The number of anilines is 2. The van der Waals surface area contributed by atoms with Crippen molar-refractivity contribution in [3.63, 3.8) is 0 Å². The second kappa shape index (κ2) is 4.81. The van der Waals surface area contributed by atoms with Gasteiger partial charge in [0, 0.05) is 23.8 Å². The first-order chi connectivity index (χ1) is 9.22. The van der Waals surface area contributed by atoms with Gasteiger partial charge in [-0.05, 0) is 24.6 Å². The van der Waals surface area contributed by atoms with Crippen molar-refractivity contribution >= 4 is 33.3 Å². The molecular formula is C13H13N5S. The Hall–Kier alpha value is -2.21. The number of nitrogens with one attached hydrogen (secondary N) is 1. The van der Waals surface area contributed by atoms with Crippen LogP contribution in [0.1, 0.15) is 10.4 Å². The molecule has 5 nitrogen and oxygen atoms in total. The highest BCUT2D eigenvalue weighted by Crippen LogP contribution is 2.29. The van der Waals surface area contributed by atoms with Crippen LogP contribution in [0.4, 0.5) is 11.8 Å². The van der Waals surface area contributed by atoms with Gasteiger partial charge in [-0.1, -0.05) is 6.07 Å². The lowest BCUT2D eigenvalue weighted by Gasteiger charge is -2.07. The molecule has 6 heteroatoms. The first kappa shape index (κ1) is 11.9. The van der Waals surface area contributed by atoms with Crippen molar-refractivity contribution in [1.29, 1.82) is 0 Å². The molecule has 3 rings (SSSR count). The van der Waals surface area contributed by atoms with Gasteiger partial charge in [0.25, 0.3) is 0 Å². The minimum absolute atomic E-state index is 0.294. The molecule has 3 N–H and O–H groups in total. The zero-order chi connectivity index (χ0) is 13.2. The smallest absolute Gasteiger partial charge is 0.223 e. The van der Waals surface area contributed by atoms with E-state index in [9.17, 15) is 0 Å². The normalized spacial score (nSPS) is 10.8. The molecule has 0 aliphatic carbocycles. The fraction of sp³-hybridized carbons (Fsp3) is 0.154. The summed E-state index contributed by atoms with van der Waals surface area (Å²) in [5.74, 6) is 1.07. The Labute approximate surface area is 114 Å². The Morgan fingerprint density at radius 1 is 1.37 bits per heavy atom. The molecule has 19 heavy (non-hydrogen) atoms. The summed E-state index contributed by atoms with van der Waals surface area (Å²) < 4.78 is 0. The van der Waals surface area contributed by atoms with E-state index in [1.807, 2.05) is 25.3 Å². The summed E-state index contributed by atoms with van der Waals surface area (Å²) in [6.07, 6.45) is 3.58. The minimum atomic E-state index is 0.294. The van der Waals surface area contributed by atoms with Gasteiger partial charge in [-0.3, -0.25) is 4.98 Å². The van der Waals surface area contributed by atoms with Crippen LogP contribution >= 0.6 is 11.3 Å². The molecule has 3 heterocycles. The van der Waals surface area contributed by atoms with Crippen LogP contribution in [-0.2, 0) is 6.54 Å². The molecule has 0 aliphatic rings. The van der Waals surface area contributed by atoms with E-state index in [1.54, 1.807) is 17.5 Å². The topological polar surface area (TPSA) is 76.7 Å². The number of thiophene rings is 1. The van der Waals surface area contributed by atoms with Crippen LogP contribution in [0.3, 0.4) is 0 Å². The average molecular weight is 271 g/mol. The molecule has 0 aliphatic heterocycles. The van der Waals surface area contributed by atoms with Crippen LogP contribution in [0.25, 0.3) is 10.2 Å². The van der Waals surface area contributed by atoms with Crippen LogP contribution in [0.15, 0.2) is 30.6 Å². The highest BCUT2D eigenvalue weighted by atomic mass is 32.1. The highest BCUT2D eigenvalue weighted by molar-refractivity contribution is 7.18. The Bertz CT molecular complexity index is 708. The van der Waals surface area contributed by atoms with E-state index in [0.29, 0.717) is 12.5 Å². The molecular weight excluding hydrogens is 258 g/mol. The van der Waals surface area contributed by atoms with Crippen LogP contribution in [0, 0.1) is 6.92 Å². The molecule has 0 fully saturated rings. The Morgan fingerprint density at radius 3 is 3.05 bits per heavy atom. The second-order valence-electron chi connectivity index (χ2n) is 4.22. The third kappa shape index (κ3) is 2.48. The lowest BCUT2D eigenvalue weighted by Crippen LogP contribution is -2.04. The molecule has 0 unspecified atom stereocenters. The van der Waals surface area contributed by atoms with Crippen LogP contribution in [0.2, 0.25) is 0 Å². The van der Waals surface area contributed by atoms with Crippen LogP contribution < -0.4 is 11.1 Å². The number of nitrogen functional groups attached to an aromatic ring is 1. The van der Waals surface area contributed by atoms with Gasteiger partial charge >= 0.3 is 0 Å². The number of nitrogens with two attached hydrogens (primary N) is 1. The monoisotopic (exact) mass is 271 g/mol. The molecule has 0 atom stereocenters. The van der Waals surface area contributed by atoms with Crippen molar-refractivity contribution in [2.24, 2.45) is 0 Å². The first-order valence-corrected chi connectivity index (χ1v) is 6.70. The van der Waals surface area contributed by atoms with Crippen molar-refractivity contribution in [3.8, 4) is 0 Å². The molecule has 0 radical (unpaired) electrons. The lowest BCUT2D eigenvalue weighted by atomic mass is 10.3. The molecule has 0 amide bonds. The number of rotatable bonds is 3. The molecule has 0 bridgehead atoms. The Balaban J connectivity index is 1.92. The van der Waals surface area contributed by atoms with Crippen molar-refractivity contribution < 1.29 is 0 Å². The zero-order valence-electron chi connectivity index (χ0n) is 10.4. The summed E-state index contributed by atoms with van der Waals surface area (Å²) in [5.41, 5.74) is 6.83. The van der Waals surface area contributed by atoms with Gasteiger partial charge in [0.2, 0.25) is 5.95 Å². The number of fused-ring (bicyclic) bond motifs is 1. The number of hydrogen-bond donors (Lipinski definition) is 2. The van der Waals surface area contributed by atoms with Gasteiger partial charge < -0.3 is 11.1 Å². The summed E-state index contributed by atoms with van der Waals surface area (Å²) in [4.78, 5) is 14.7. The fourth-order valence-corrected chi connectivity index (χ4v) is 2.77. The van der Waals surface area contributed by atoms with E-state index >= 15 is 0 Å². The quantitative estimate of drug-likeness (QED) is 0.765. The second-order valence-corrected chi connectivity index (χ2v) is 5.46. The van der Waals surface area contributed by atoms with Crippen LogP contribution in [0.5, 0.6) is 0 Å². The average Bonchev–Trinajstić information content (AvgIpc) is 2.77. The van der Waals surface area contributed by atoms with E-state index in [0.717, 1.165) is 21.6 Å². The van der Waals surface area contributed by atoms with Gasteiger partial charge in [-0.25, -0.2) is 4.98 Å². The predicted molar refractivity (Wildman–Crippen MR) is 78.1 cm³/mol. The van der Waals surface area contributed by atoms with E-state index in [2.05, 4.69) is 26.3 Å². The SMILES string of the molecule is Cc1cc2c(NCc3cccnc3)nc(N)nc2s1. The maximum Gasteiger partial charge on any atom is 0.223 e. The van der Waals surface area contributed by atoms with Gasteiger partial charge in [-0.15, -0.1) is 11.3 Å². The van der Waals surface area contributed by atoms with E-state index in [-0.39, 0.29) is 0 Å². The summed E-state index contributed by atoms with van der Waals surface area (Å²) in [6, 6.07) is 6.00. The summed E-state index contributed by atoms with van der Waals surface area (Å²) in [6.45, 7) is 2.71. The zero-order valence-corrected chi connectivity index (χ0v) is 11.2. The van der Waals surface area contributed by atoms with Crippen molar-refractivity contribution in [2.45, 2.75) is 13.5 Å². The largest absolute Gasteiger partial charge is 0.368 e. The van der Waals surface area contributed by atoms with Crippen LogP contribution in [-0.4, -0.2) is 15.0 Å². The van der Waals surface area contributed by atoms with Gasteiger partial charge in [0.1, 0.15) is 10.6 Å². The van der Waals surface area contributed by atoms with Gasteiger partial charge in [0.15, 0.2) is 0 Å². The molecule has 0 saturated carbocycles. The van der Waals surface area contributed by atoms with E-state index < -0.39 is 0 Å². The summed E-state index contributed by atoms with van der Waals surface area (Å²) in [5, 5.41) is 4.31. The van der Waals surface area contributed by atoms with Gasteiger partial charge in [0.05, 0.1) is 5.39 Å². The third-order valence-corrected chi connectivity index (χ3v) is 3.66. The van der Waals surface area contributed by atoms with E-state index in [1.165, 1.54) is 4.88 Å². The molecule has 0 spiro atoms. The van der Waals surface area contributed by atoms with E-state index in [4.69, 9.17) is 5.73 Å². The molecule has 3 aromatic rings. The Morgan fingerprint density at radius 2 is 2.26 bits per heavy atom. The third-order valence-electron chi connectivity index (χ3n) is 2.72. The predicted octanol–water partition coefficient (Wildman–Crippen LogP) is 2.59. The van der Waals surface area contributed by atoms with Crippen molar-refractivity contribution in [1.82, 2.24) is 15.0 Å². The number of hydrogen-bond acceptors (Lipinski definition) is 6. The maximum atomic E-state index is 5.74. The maximum absolute atomic E-state index is 5.74. The Kier molecular flexibility index (Phi) is 3.00. The van der Waals surface area contributed by atoms with Crippen molar-refractivity contribution in [2.75, 3.05) is 11.1 Å². The van der Waals surface area contributed by atoms with Gasteiger partial charge in [-0.2, -0.15) is 4.98 Å². The molecule has 3 aromatic heterocycles. The minimum Gasteiger partial charge on any atom is -0.368 e. The molecule has 96 valence electrons. The number of aromatic nitrogens is 3. The number of aryl methyl sites for hydroxylation is 1. The lowest BCUT2D eigenvalue weighted by molar-refractivity contribution is 1.09.